The van der Waals surface area contributed by atoms with Crippen LogP contribution in [-0.2, 0) is 11.3 Å². The van der Waals surface area contributed by atoms with Gasteiger partial charge in [0.1, 0.15) is 0 Å². The summed E-state index contributed by atoms with van der Waals surface area (Å²) in [7, 11) is 1.68. The molecule has 2 N–H and O–H groups in total. The minimum Gasteiger partial charge on any atom is -0.481 e. The maximum Gasteiger partial charge on any atom is 0.317 e. The van der Waals surface area contributed by atoms with Crippen LogP contribution in [0.15, 0.2) is 28.7 Å². The number of hydrogen-bond acceptors (Lipinski definition) is 2. The molecule has 21 heavy (non-hydrogen) atoms. The number of carbonyl (C=O) groups is 2. The van der Waals surface area contributed by atoms with E-state index in [0.29, 0.717) is 13.0 Å². The zero-order chi connectivity index (χ0) is 16.0. The minimum absolute atomic E-state index is 0.113. The molecule has 0 spiro atoms. The number of amides is 2. The molecule has 0 heterocycles. The van der Waals surface area contributed by atoms with Gasteiger partial charge in [0.2, 0.25) is 0 Å². The van der Waals surface area contributed by atoms with Crippen molar-refractivity contribution in [1.82, 2.24) is 10.2 Å². The number of hydrogen-bond donors (Lipinski definition) is 2. The number of carbonyl (C=O) groups excluding carboxylic acids is 1. The van der Waals surface area contributed by atoms with Crippen molar-refractivity contribution < 1.29 is 14.7 Å². The molecule has 6 heteroatoms. The van der Waals surface area contributed by atoms with E-state index in [9.17, 15) is 14.7 Å². The maximum absolute atomic E-state index is 12.0. The molecule has 0 aromatic heterocycles. The van der Waals surface area contributed by atoms with Crippen molar-refractivity contribution in [2.45, 2.75) is 26.8 Å². The van der Waals surface area contributed by atoms with Gasteiger partial charge in [0.25, 0.3) is 0 Å². The van der Waals surface area contributed by atoms with Gasteiger partial charge in [0.05, 0.1) is 5.41 Å². The van der Waals surface area contributed by atoms with Crippen LogP contribution in [0, 0.1) is 5.41 Å². The van der Waals surface area contributed by atoms with Crippen LogP contribution in [-0.4, -0.2) is 35.6 Å². The quantitative estimate of drug-likeness (QED) is 0.822. The highest BCUT2D eigenvalue weighted by atomic mass is 79.9. The number of carboxylic acid groups (broad SMARTS) is 1. The summed E-state index contributed by atoms with van der Waals surface area (Å²) in [6, 6.07) is 7.42. The number of benzene rings is 1. The van der Waals surface area contributed by atoms with E-state index in [1.54, 1.807) is 20.9 Å². The van der Waals surface area contributed by atoms with Crippen LogP contribution in [0.1, 0.15) is 25.8 Å². The fraction of sp³-hybridized carbons (Fsp3) is 0.467. The van der Waals surface area contributed by atoms with Gasteiger partial charge in [-0.05, 0) is 31.0 Å². The molecule has 116 valence electrons. The molecule has 0 aliphatic rings. The van der Waals surface area contributed by atoms with Crippen molar-refractivity contribution in [3.63, 3.8) is 0 Å². The Morgan fingerprint density at radius 2 is 1.90 bits per heavy atom. The topological polar surface area (TPSA) is 69.6 Å². The normalized spacial score (nSPS) is 13.3. The Morgan fingerprint density at radius 1 is 1.33 bits per heavy atom. The van der Waals surface area contributed by atoms with Gasteiger partial charge in [-0.25, -0.2) is 4.79 Å². The summed E-state index contributed by atoms with van der Waals surface area (Å²) < 4.78 is 0.985. The van der Waals surface area contributed by atoms with Crippen LogP contribution in [0.2, 0.25) is 0 Å². The first-order valence-corrected chi connectivity index (χ1v) is 7.54. The predicted octanol–water partition coefficient (Wildman–Crippen LogP) is 3.09. The second-order valence-electron chi connectivity index (χ2n) is 5.36. The molecule has 1 rings (SSSR count). The molecule has 0 fully saturated rings. The highest BCUT2D eigenvalue weighted by molar-refractivity contribution is 9.10. The summed E-state index contributed by atoms with van der Waals surface area (Å²) in [6.45, 7) is 4.01. The Morgan fingerprint density at radius 3 is 2.38 bits per heavy atom. The van der Waals surface area contributed by atoms with E-state index in [4.69, 9.17) is 0 Å². The Balaban J connectivity index is 2.55. The number of nitrogens with zero attached hydrogens (tertiary/aromatic N) is 1. The lowest BCUT2D eigenvalue weighted by Crippen LogP contribution is -2.45. The SMILES string of the molecule is CCC(C)(CNC(=O)N(C)Cc1ccc(Br)cc1)C(=O)O. The molecule has 5 nitrogen and oxygen atoms in total. The average Bonchev–Trinajstić information content (AvgIpc) is 2.46. The molecule has 0 aliphatic carbocycles. The van der Waals surface area contributed by atoms with E-state index in [1.807, 2.05) is 24.3 Å². The number of nitrogens with one attached hydrogen (secondary N) is 1. The van der Waals surface area contributed by atoms with E-state index in [-0.39, 0.29) is 12.6 Å². The Kier molecular flexibility index (Phi) is 6.20. The third kappa shape index (κ3) is 5.04. The predicted molar refractivity (Wildman–Crippen MR) is 85.0 cm³/mol. The van der Waals surface area contributed by atoms with Crippen molar-refractivity contribution >= 4 is 27.9 Å². The molecule has 0 saturated heterocycles. The van der Waals surface area contributed by atoms with Crippen LogP contribution in [0.25, 0.3) is 0 Å². The number of carboxylic acids is 1. The third-order valence-electron chi connectivity index (χ3n) is 3.61. The van der Waals surface area contributed by atoms with Crippen molar-refractivity contribution in [2.24, 2.45) is 5.41 Å². The summed E-state index contributed by atoms with van der Waals surface area (Å²) in [5, 5.41) is 11.9. The number of aliphatic carboxylic acids is 1. The molecule has 1 unspecified atom stereocenters. The zero-order valence-electron chi connectivity index (χ0n) is 12.5. The van der Waals surface area contributed by atoms with Crippen molar-refractivity contribution in [2.75, 3.05) is 13.6 Å². The molecule has 0 bridgehead atoms. The second-order valence-corrected chi connectivity index (χ2v) is 6.28. The summed E-state index contributed by atoms with van der Waals surface area (Å²) in [5.41, 5.74) is 0.0704. The van der Waals surface area contributed by atoms with Crippen LogP contribution in [0.4, 0.5) is 4.79 Å². The van der Waals surface area contributed by atoms with Gasteiger partial charge in [-0.3, -0.25) is 4.79 Å². The molecule has 0 radical (unpaired) electrons. The van der Waals surface area contributed by atoms with Crippen molar-refractivity contribution in [3.05, 3.63) is 34.3 Å². The van der Waals surface area contributed by atoms with Gasteiger partial charge < -0.3 is 15.3 Å². The fourth-order valence-electron chi connectivity index (χ4n) is 1.69. The fourth-order valence-corrected chi connectivity index (χ4v) is 1.96. The first-order valence-electron chi connectivity index (χ1n) is 6.75. The molecule has 1 aromatic rings. The summed E-state index contributed by atoms with van der Waals surface area (Å²) >= 11 is 3.36. The standard InChI is InChI=1S/C15H21BrN2O3/c1-4-15(2,13(19)20)10-17-14(21)18(3)9-11-5-7-12(16)8-6-11/h5-8H,4,9-10H2,1-3H3,(H,17,21)(H,19,20). The van der Waals surface area contributed by atoms with E-state index in [2.05, 4.69) is 21.2 Å². The second kappa shape index (κ2) is 7.45. The molecular formula is C15H21BrN2O3. The first-order chi connectivity index (χ1) is 9.78. The third-order valence-corrected chi connectivity index (χ3v) is 4.13. The van der Waals surface area contributed by atoms with E-state index in [1.165, 1.54) is 4.90 Å². The molecule has 1 aromatic carbocycles. The number of rotatable bonds is 6. The highest BCUT2D eigenvalue weighted by Crippen LogP contribution is 2.20. The average molecular weight is 357 g/mol. The molecular weight excluding hydrogens is 336 g/mol. The Bertz CT molecular complexity index is 504. The molecule has 0 saturated carbocycles. The monoisotopic (exact) mass is 356 g/mol. The lowest BCUT2D eigenvalue weighted by Gasteiger charge is -2.25. The lowest BCUT2D eigenvalue weighted by molar-refractivity contribution is -0.147. The van der Waals surface area contributed by atoms with E-state index < -0.39 is 11.4 Å². The van der Waals surface area contributed by atoms with Crippen LogP contribution in [0.5, 0.6) is 0 Å². The van der Waals surface area contributed by atoms with Gasteiger partial charge in [0, 0.05) is 24.6 Å². The zero-order valence-corrected chi connectivity index (χ0v) is 14.1. The van der Waals surface area contributed by atoms with Gasteiger partial charge in [-0.2, -0.15) is 0 Å². The van der Waals surface area contributed by atoms with Crippen molar-refractivity contribution in [1.29, 1.82) is 0 Å². The van der Waals surface area contributed by atoms with E-state index in [0.717, 1.165) is 10.0 Å². The van der Waals surface area contributed by atoms with Crippen LogP contribution >= 0.6 is 15.9 Å². The summed E-state index contributed by atoms with van der Waals surface area (Å²) in [6.07, 6.45) is 0.457. The van der Waals surface area contributed by atoms with E-state index >= 15 is 0 Å². The van der Waals surface area contributed by atoms with Gasteiger partial charge in [0.15, 0.2) is 0 Å². The highest BCUT2D eigenvalue weighted by Gasteiger charge is 2.31. The largest absolute Gasteiger partial charge is 0.481 e. The maximum atomic E-state index is 12.0. The lowest BCUT2D eigenvalue weighted by atomic mass is 9.88. The van der Waals surface area contributed by atoms with Crippen LogP contribution in [0.3, 0.4) is 0 Å². The van der Waals surface area contributed by atoms with Crippen molar-refractivity contribution in [3.8, 4) is 0 Å². The Hall–Kier alpha value is -1.56. The number of urea groups is 1. The molecule has 1 atom stereocenters. The molecule has 0 aliphatic heterocycles. The van der Waals surface area contributed by atoms with Crippen LogP contribution < -0.4 is 5.32 Å². The smallest absolute Gasteiger partial charge is 0.317 e. The minimum atomic E-state index is -0.936. The molecule has 2 amide bonds. The first kappa shape index (κ1) is 17.5. The Labute approximate surface area is 133 Å². The summed E-state index contributed by atoms with van der Waals surface area (Å²) in [4.78, 5) is 24.7. The summed E-state index contributed by atoms with van der Waals surface area (Å²) in [5.74, 6) is -0.902. The number of halogens is 1. The van der Waals surface area contributed by atoms with Gasteiger partial charge in [-0.1, -0.05) is 35.0 Å². The van der Waals surface area contributed by atoms with Gasteiger partial charge >= 0.3 is 12.0 Å². The van der Waals surface area contributed by atoms with Gasteiger partial charge in [-0.15, -0.1) is 0 Å².